The van der Waals surface area contributed by atoms with Gasteiger partial charge in [-0.25, -0.2) is 4.99 Å². The highest BCUT2D eigenvalue weighted by atomic mass is 16.3. The monoisotopic (exact) mass is 364 g/mol. The van der Waals surface area contributed by atoms with E-state index in [0.717, 1.165) is 18.8 Å². The molecule has 1 atom stereocenters. The third-order valence-electron chi connectivity index (χ3n) is 5.30. The van der Waals surface area contributed by atoms with Crippen LogP contribution in [0.2, 0.25) is 0 Å². The van der Waals surface area contributed by atoms with E-state index in [0.29, 0.717) is 6.54 Å². The molecule has 1 rings (SSSR count). The summed E-state index contributed by atoms with van der Waals surface area (Å²) >= 11 is 0. The number of β-amino-alcohol motifs (C(OH)–C–C–N with tert-alkyl or cyclic N) is 1. The Labute approximate surface area is 163 Å². The Morgan fingerprint density at radius 1 is 0.846 bits per heavy atom. The molecule has 26 heavy (non-hydrogen) atoms. The first-order chi connectivity index (χ1) is 12.8. The molecule has 1 aliphatic heterocycles. The third-order valence-corrected chi connectivity index (χ3v) is 5.30. The van der Waals surface area contributed by atoms with Gasteiger partial charge in [-0.3, -0.25) is 0 Å². The summed E-state index contributed by atoms with van der Waals surface area (Å²) in [5.41, 5.74) is 0. The highest BCUT2D eigenvalue weighted by molar-refractivity contribution is 5.83. The van der Waals surface area contributed by atoms with Gasteiger partial charge in [-0.2, -0.15) is 0 Å². The first-order valence-electron chi connectivity index (χ1n) is 11.4. The lowest BCUT2D eigenvalue weighted by molar-refractivity contribution is 0.171. The Morgan fingerprint density at radius 2 is 1.38 bits per heavy atom. The van der Waals surface area contributed by atoms with Gasteiger partial charge in [0.05, 0.1) is 6.54 Å². The average molecular weight is 365 g/mol. The number of allylic oxidation sites excluding steroid dienone is 2. The molecule has 0 radical (unpaired) electrons. The number of aliphatic hydroxyl groups excluding tert-OH is 1. The van der Waals surface area contributed by atoms with Crippen molar-refractivity contribution in [2.24, 2.45) is 4.99 Å². The van der Waals surface area contributed by atoms with Crippen LogP contribution in [-0.2, 0) is 0 Å². The van der Waals surface area contributed by atoms with Crippen molar-refractivity contribution in [2.45, 2.75) is 116 Å². The molecule has 0 aromatic carbocycles. The SMILES string of the molecule is CCCCCCCCC=CCCCCCCCCN1CC(O)N=C1CC. The van der Waals surface area contributed by atoms with Crippen LogP contribution in [0.1, 0.15) is 110 Å². The molecule has 0 saturated carbocycles. The second-order valence-corrected chi connectivity index (χ2v) is 7.76. The predicted molar refractivity (Wildman–Crippen MR) is 115 cm³/mol. The second kappa shape index (κ2) is 16.4. The molecule has 1 heterocycles. The van der Waals surface area contributed by atoms with Crippen molar-refractivity contribution in [1.29, 1.82) is 0 Å². The molecule has 0 fully saturated rings. The molecule has 0 saturated heterocycles. The number of hydrogen-bond donors (Lipinski definition) is 1. The van der Waals surface area contributed by atoms with Gasteiger partial charge in [0.25, 0.3) is 0 Å². The number of hydrogen-bond acceptors (Lipinski definition) is 3. The molecule has 0 aromatic rings. The van der Waals surface area contributed by atoms with Gasteiger partial charge in [0, 0.05) is 13.0 Å². The minimum atomic E-state index is -0.487. The summed E-state index contributed by atoms with van der Waals surface area (Å²) in [6.07, 6.45) is 24.1. The molecule has 0 amide bonds. The maximum atomic E-state index is 9.60. The van der Waals surface area contributed by atoms with E-state index in [4.69, 9.17) is 0 Å². The Bertz CT molecular complexity index is 378. The molecule has 0 spiro atoms. The fourth-order valence-corrected chi connectivity index (χ4v) is 3.68. The van der Waals surface area contributed by atoms with E-state index in [2.05, 4.69) is 35.9 Å². The van der Waals surface area contributed by atoms with Crippen molar-refractivity contribution in [3.63, 3.8) is 0 Å². The van der Waals surface area contributed by atoms with Crippen LogP contribution in [0.4, 0.5) is 0 Å². The van der Waals surface area contributed by atoms with Crippen molar-refractivity contribution >= 4 is 5.84 Å². The first-order valence-corrected chi connectivity index (χ1v) is 11.4. The van der Waals surface area contributed by atoms with E-state index < -0.39 is 6.23 Å². The number of amidine groups is 1. The molecule has 0 aliphatic carbocycles. The van der Waals surface area contributed by atoms with Crippen molar-refractivity contribution in [2.75, 3.05) is 13.1 Å². The van der Waals surface area contributed by atoms with Gasteiger partial charge >= 0.3 is 0 Å². The molecule has 3 nitrogen and oxygen atoms in total. The summed E-state index contributed by atoms with van der Waals surface area (Å²) in [6, 6.07) is 0. The van der Waals surface area contributed by atoms with Crippen LogP contribution in [-0.4, -0.2) is 35.2 Å². The number of rotatable bonds is 17. The normalized spacial score (nSPS) is 17.4. The number of aliphatic hydroxyl groups is 1. The van der Waals surface area contributed by atoms with Crippen LogP contribution in [0.3, 0.4) is 0 Å². The summed E-state index contributed by atoms with van der Waals surface area (Å²) in [7, 11) is 0. The van der Waals surface area contributed by atoms with Crippen molar-refractivity contribution in [3.8, 4) is 0 Å². The van der Waals surface area contributed by atoms with Gasteiger partial charge in [0.15, 0.2) is 6.23 Å². The maximum absolute atomic E-state index is 9.60. The number of aliphatic imine (C=N–C) groups is 1. The van der Waals surface area contributed by atoms with E-state index in [1.54, 1.807) is 0 Å². The van der Waals surface area contributed by atoms with Gasteiger partial charge in [-0.05, 0) is 32.1 Å². The number of unbranched alkanes of at least 4 members (excludes halogenated alkanes) is 12. The first kappa shape index (κ1) is 23.2. The topological polar surface area (TPSA) is 35.8 Å². The third kappa shape index (κ3) is 11.7. The largest absolute Gasteiger partial charge is 0.370 e. The van der Waals surface area contributed by atoms with E-state index in [9.17, 15) is 5.11 Å². The molecule has 1 unspecified atom stereocenters. The lowest BCUT2D eigenvalue weighted by atomic mass is 10.1. The van der Waals surface area contributed by atoms with Crippen LogP contribution in [0, 0.1) is 0 Å². The quantitative estimate of drug-likeness (QED) is 0.237. The zero-order chi connectivity index (χ0) is 18.9. The minimum absolute atomic E-state index is 0.487. The Morgan fingerprint density at radius 3 is 1.96 bits per heavy atom. The zero-order valence-corrected chi connectivity index (χ0v) is 17.6. The fourth-order valence-electron chi connectivity index (χ4n) is 3.68. The van der Waals surface area contributed by atoms with E-state index in [-0.39, 0.29) is 0 Å². The lowest BCUT2D eigenvalue weighted by Crippen LogP contribution is -2.29. The standard InChI is InChI=1S/C23H44N2O/c1-3-5-6-7-8-9-10-11-12-13-14-15-16-17-18-19-20-25-21-23(26)24-22(25)4-2/h11-12,23,26H,3-10,13-21H2,1-2H3. The second-order valence-electron chi connectivity index (χ2n) is 7.76. The van der Waals surface area contributed by atoms with Crippen LogP contribution in [0.15, 0.2) is 17.1 Å². The smallest absolute Gasteiger partial charge is 0.164 e. The van der Waals surface area contributed by atoms with Crippen molar-refractivity contribution in [3.05, 3.63) is 12.2 Å². The van der Waals surface area contributed by atoms with Crippen molar-refractivity contribution < 1.29 is 5.11 Å². The fraction of sp³-hybridized carbons (Fsp3) is 0.870. The highest BCUT2D eigenvalue weighted by Gasteiger charge is 2.20. The van der Waals surface area contributed by atoms with Gasteiger partial charge in [-0.15, -0.1) is 0 Å². The Kier molecular flexibility index (Phi) is 14.6. The summed E-state index contributed by atoms with van der Waals surface area (Å²) in [6.45, 7) is 6.16. The van der Waals surface area contributed by atoms with Gasteiger partial charge in [-0.1, -0.05) is 83.8 Å². The molecular weight excluding hydrogens is 320 g/mol. The van der Waals surface area contributed by atoms with E-state index >= 15 is 0 Å². The Hall–Kier alpha value is -0.830. The van der Waals surface area contributed by atoms with Crippen molar-refractivity contribution in [1.82, 2.24) is 4.90 Å². The molecule has 1 N–H and O–H groups in total. The van der Waals surface area contributed by atoms with E-state index in [1.165, 1.54) is 89.9 Å². The van der Waals surface area contributed by atoms with Gasteiger partial charge < -0.3 is 10.0 Å². The molecule has 0 aromatic heterocycles. The number of nitrogens with zero attached hydrogens (tertiary/aromatic N) is 2. The zero-order valence-electron chi connectivity index (χ0n) is 17.6. The van der Waals surface area contributed by atoms with E-state index in [1.807, 2.05) is 0 Å². The molecule has 0 bridgehead atoms. The van der Waals surface area contributed by atoms with Crippen LogP contribution in [0.25, 0.3) is 0 Å². The molecule has 152 valence electrons. The summed E-state index contributed by atoms with van der Waals surface area (Å²) in [4.78, 5) is 6.54. The average Bonchev–Trinajstić information content (AvgIpc) is 3.01. The summed E-state index contributed by atoms with van der Waals surface area (Å²) < 4.78 is 0. The van der Waals surface area contributed by atoms with Gasteiger partial charge in [0.2, 0.25) is 0 Å². The minimum Gasteiger partial charge on any atom is -0.370 e. The summed E-state index contributed by atoms with van der Waals surface area (Å²) in [5.74, 6) is 1.09. The molecule has 3 heteroatoms. The highest BCUT2D eigenvalue weighted by Crippen LogP contribution is 2.13. The summed E-state index contributed by atoms with van der Waals surface area (Å²) in [5, 5.41) is 9.60. The van der Waals surface area contributed by atoms with Crippen LogP contribution >= 0.6 is 0 Å². The van der Waals surface area contributed by atoms with Crippen LogP contribution in [0.5, 0.6) is 0 Å². The van der Waals surface area contributed by atoms with Crippen LogP contribution < -0.4 is 0 Å². The molecular formula is C23H44N2O. The Balaban J connectivity index is 1.81. The lowest BCUT2D eigenvalue weighted by Gasteiger charge is -2.19. The maximum Gasteiger partial charge on any atom is 0.164 e. The predicted octanol–water partition coefficient (Wildman–Crippen LogP) is 6.47. The molecule has 1 aliphatic rings. The van der Waals surface area contributed by atoms with Gasteiger partial charge in [0.1, 0.15) is 5.84 Å².